The molecule has 2 fully saturated rings. The quantitative estimate of drug-likeness (QED) is 0.585. The minimum absolute atomic E-state index is 0.0735. The Morgan fingerprint density at radius 3 is 2.74 bits per heavy atom. The molecule has 0 bridgehead atoms. The molecule has 9 heteroatoms. The fourth-order valence-electron chi connectivity index (χ4n) is 5.22. The maximum atomic E-state index is 13.1. The number of benzene rings is 1. The number of rotatable bonds is 9. The second-order valence-electron chi connectivity index (χ2n) is 9.71. The number of carbonyl (C=O) groups excluding carboxylic acids is 1. The summed E-state index contributed by atoms with van der Waals surface area (Å²) in [6.07, 6.45) is 3.74. The molecule has 8 nitrogen and oxygen atoms in total. The monoisotopic (exact) mass is 487 g/mol. The molecule has 2 aliphatic rings. The number of likely N-dealkylation sites (tertiary alicyclic amines) is 1. The second-order valence-corrected chi connectivity index (χ2v) is 11.9. The summed E-state index contributed by atoms with van der Waals surface area (Å²) in [5.74, 6) is 0.777. The maximum absolute atomic E-state index is 13.1. The highest BCUT2D eigenvalue weighted by atomic mass is 32.2. The summed E-state index contributed by atoms with van der Waals surface area (Å²) in [6, 6.07) is 12.5. The fourth-order valence-corrected chi connectivity index (χ4v) is 6.91. The number of carbonyl (C=O) groups is 1. The van der Waals surface area contributed by atoms with Gasteiger partial charge >= 0.3 is 0 Å². The lowest BCUT2D eigenvalue weighted by atomic mass is 10.0. The van der Waals surface area contributed by atoms with Crippen molar-refractivity contribution in [3.05, 3.63) is 47.7 Å². The van der Waals surface area contributed by atoms with E-state index in [4.69, 9.17) is 0 Å². The summed E-state index contributed by atoms with van der Waals surface area (Å²) in [6.45, 7) is 8.18. The van der Waals surface area contributed by atoms with E-state index in [0.29, 0.717) is 24.8 Å². The van der Waals surface area contributed by atoms with Crippen LogP contribution in [0.5, 0.6) is 0 Å². The normalized spacial score (nSPS) is 22.8. The van der Waals surface area contributed by atoms with Crippen molar-refractivity contribution in [3.63, 3.8) is 0 Å². The number of aromatic nitrogens is 2. The molecule has 3 heterocycles. The molecule has 2 aliphatic heterocycles. The van der Waals surface area contributed by atoms with Crippen LogP contribution in [-0.4, -0.2) is 77.6 Å². The third kappa shape index (κ3) is 6.46. The van der Waals surface area contributed by atoms with Gasteiger partial charge in [-0.25, -0.2) is 13.1 Å². The van der Waals surface area contributed by atoms with Crippen LogP contribution in [-0.2, 0) is 21.2 Å². The minimum Gasteiger partial charge on any atom is -0.310 e. The highest BCUT2D eigenvalue weighted by Crippen LogP contribution is 2.27. The van der Waals surface area contributed by atoms with E-state index in [-0.39, 0.29) is 23.5 Å². The van der Waals surface area contributed by atoms with Gasteiger partial charge in [-0.15, -0.1) is 0 Å². The third-order valence-electron chi connectivity index (χ3n) is 6.78. The molecule has 0 unspecified atom stereocenters. The molecule has 0 spiro atoms. The van der Waals surface area contributed by atoms with E-state index in [1.54, 1.807) is 4.68 Å². The molecular weight excluding hydrogens is 450 g/mol. The number of nitrogens with zero attached hydrogens (tertiary/aromatic N) is 4. The van der Waals surface area contributed by atoms with Crippen molar-refractivity contribution in [3.8, 4) is 0 Å². The van der Waals surface area contributed by atoms with Crippen LogP contribution in [0.25, 0.3) is 0 Å². The van der Waals surface area contributed by atoms with Crippen LogP contribution in [0.15, 0.2) is 36.4 Å². The number of amides is 1. The van der Waals surface area contributed by atoms with Gasteiger partial charge in [-0.1, -0.05) is 37.3 Å². The Kier molecular flexibility index (Phi) is 8.06. The largest absolute Gasteiger partial charge is 0.310 e. The molecule has 1 N–H and O–H groups in total. The summed E-state index contributed by atoms with van der Waals surface area (Å²) in [7, 11) is -3.03. The zero-order valence-electron chi connectivity index (χ0n) is 20.3. The highest BCUT2D eigenvalue weighted by molar-refractivity contribution is 7.91. The van der Waals surface area contributed by atoms with Crippen LogP contribution in [0.4, 0.5) is 5.82 Å². The van der Waals surface area contributed by atoms with E-state index < -0.39 is 9.84 Å². The summed E-state index contributed by atoms with van der Waals surface area (Å²) in [5.41, 5.74) is 2.09. The maximum Gasteiger partial charge on any atom is 0.239 e. The average Bonchev–Trinajstić information content (AvgIpc) is 3.35. The third-order valence-corrected chi connectivity index (χ3v) is 8.53. The summed E-state index contributed by atoms with van der Waals surface area (Å²) in [5, 5.41) is 7.51. The van der Waals surface area contributed by atoms with Crippen LogP contribution in [0.1, 0.15) is 49.9 Å². The summed E-state index contributed by atoms with van der Waals surface area (Å²) >= 11 is 0. The molecule has 1 amide bonds. The minimum atomic E-state index is -3.03. The molecule has 2 saturated heterocycles. The first-order valence-electron chi connectivity index (χ1n) is 12.4. The Morgan fingerprint density at radius 1 is 1.24 bits per heavy atom. The van der Waals surface area contributed by atoms with Gasteiger partial charge in [0.05, 0.1) is 29.8 Å². The number of hydrogen-bond donors (Lipinski definition) is 1. The Labute approximate surface area is 203 Å². The zero-order chi connectivity index (χ0) is 24.1. The highest BCUT2D eigenvalue weighted by Gasteiger charge is 2.32. The molecule has 186 valence electrons. The van der Waals surface area contributed by atoms with Gasteiger partial charge in [0.15, 0.2) is 9.84 Å². The van der Waals surface area contributed by atoms with E-state index in [1.807, 2.05) is 19.1 Å². The molecule has 0 saturated carbocycles. The molecule has 0 aliphatic carbocycles. The predicted molar refractivity (Wildman–Crippen MR) is 135 cm³/mol. The van der Waals surface area contributed by atoms with E-state index in [9.17, 15) is 13.2 Å². The van der Waals surface area contributed by atoms with Crippen LogP contribution in [0.2, 0.25) is 0 Å². The molecular formula is C25H37N5O3S. The molecule has 1 aromatic heterocycles. The standard InChI is InChI=1S/C25H37N5O3S/c1-3-12-29(22-10-7-13-28(17-22)16-21-8-5-4-6-9-21)18-25(31)26-24-15-20(2)27-30(24)23-11-14-34(32,33)19-23/h4-6,8-9,15,22-23H,3,7,10-14,16-19H2,1-2H3,(H,26,31)/t22-,23-/m1/s1. The number of sulfone groups is 1. The van der Waals surface area contributed by atoms with Gasteiger partial charge in [-0.05, 0) is 51.3 Å². The molecule has 1 aromatic carbocycles. The lowest BCUT2D eigenvalue weighted by molar-refractivity contribution is -0.118. The molecule has 4 rings (SSSR count). The van der Waals surface area contributed by atoms with E-state index in [0.717, 1.165) is 51.1 Å². The van der Waals surface area contributed by atoms with Crippen molar-refractivity contribution in [1.29, 1.82) is 0 Å². The van der Waals surface area contributed by atoms with Crippen molar-refractivity contribution < 1.29 is 13.2 Å². The molecule has 2 aromatic rings. The van der Waals surface area contributed by atoms with Gasteiger partial charge in [0, 0.05) is 25.2 Å². The Bertz CT molecular complexity index is 1070. The molecule has 0 radical (unpaired) electrons. The Morgan fingerprint density at radius 2 is 2.03 bits per heavy atom. The van der Waals surface area contributed by atoms with Gasteiger partial charge in [-0.3, -0.25) is 14.6 Å². The zero-order valence-corrected chi connectivity index (χ0v) is 21.1. The topological polar surface area (TPSA) is 87.5 Å². The van der Waals surface area contributed by atoms with Gasteiger partial charge < -0.3 is 5.32 Å². The first-order chi connectivity index (χ1) is 16.3. The van der Waals surface area contributed by atoms with Gasteiger partial charge in [0.2, 0.25) is 5.91 Å². The summed E-state index contributed by atoms with van der Waals surface area (Å²) < 4.78 is 25.6. The van der Waals surface area contributed by atoms with Crippen LogP contribution in [0, 0.1) is 6.92 Å². The predicted octanol–water partition coefficient (Wildman–Crippen LogP) is 2.87. The van der Waals surface area contributed by atoms with Crippen molar-refractivity contribution in [2.75, 3.05) is 43.0 Å². The van der Waals surface area contributed by atoms with Crippen molar-refractivity contribution >= 4 is 21.6 Å². The van der Waals surface area contributed by atoms with Crippen molar-refractivity contribution in [1.82, 2.24) is 19.6 Å². The molecule has 2 atom stereocenters. The van der Waals surface area contributed by atoms with Crippen molar-refractivity contribution in [2.24, 2.45) is 0 Å². The smallest absolute Gasteiger partial charge is 0.239 e. The number of aryl methyl sites for hydroxylation is 1. The van der Waals surface area contributed by atoms with E-state index in [2.05, 4.69) is 51.4 Å². The van der Waals surface area contributed by atoms with E-state index >= 15 is 0 Å². The van der Waals surface area contributed by atoms with Crippen LogP contribution < -0.4 is 5.32 Å². The lowest BCUT2D eigenvalue weighted by Crippen LogP contribution is -2.50. The van der Waals surface area contributed by atoms with Crippen LogP contribution in [0.3, 0.4) is 0 Å². The number of nitrogens with one attached hydrogen (secondary N) is 1. The van der Waals surface area contributed by atoms with E-state index in [1.165, 1.54) is 5.56 Å². The summed E-state index contributed by atoms with van der Waals surface area (Å²) in [4.78, 5) is 17.9. The second kappa shape index (κ2) is 11.0. The SMILES string of the molecule is CCCN(CC(=O)Nc1cc(C)nn1[C@@H]1CCS(=O)(=O)C1)[C@@H]1CCCN(Cc2ccccc2)C1. The van der Waals surface area contributed by atoms with Gasteiger partial charge in [-0.2, -0.15) is 5.10 Å². The Balaban J connectivity index is 1.39. The average molecular weight is 488 g/mol. The van der Waals surface area contributed by atoms with Gasteiger partial charge in [0.1, 0.15) is 5.82 Å². The number of hydrogen-bond acceptors (Lipinski definition) is 6. The first kappa shape index (κ1) is 24.9. The first-order valence-corrected chi connectivity index (χ1v) is 14.2. The number of piperidine rings is 1. The Hall–Kier alpha value is -2.23. The number of anilines is 1. The fraction of sp³-hybridized carbons (Fsp3) is 0.600. The lowest BCUT2D eigenvalue weighted by Gasteiger charge is -2.39. The van der Waals surface area contributed by atoms with Crippen molar-refractivity contribution in [2.45, 2.75) is 58.2 Å². The van der Waals surface area contributed by atoms with Crippen LogP contribution >= 0.6 is 0 Å². The van der Waals surface area contributed by atoms with Gasteiger partial charge in [0.25, 0.3) is 0 Å². The molecule has 34 heavy (non-hydrogen) atoms.